The lowest BCUT2D eigenvalue weighted by Crippen LogP contribution is -2.60. The molecule has 1 aliphatic rings. The van der Waals surface area contributed by atoms with Crippen LogP contribution < -0.4 is 11.5 Å². The predicted octanol–water partition coefficient (Wildman–Crippen LogP) is 1.06. The predicted molar refractivity (Wildman–Crippen MR) is 88.9 cm³/mol. The van der Waals surface area contributed by atoms with Crippen LogP contribution in [0.3, 0.4) is 0 Å². The number of primary amides is 1. The monoisotopic (exact) mass is 386 g/mol. The number of hydrogen-bond donors (Lipinski definition) is 2. The van der Waals surface area contributed by atoms with Crippen molar-refractivity contribution in [3.63, 3.8) is 0 Å². The average Bonchev–Trinajstić information content (AvgIpc) is 2.51. The number of nitrogens with zero attached hydrogens (tertiary/aromatic N) is 2. The molecule has 0 bridgehead atoms. The Kier molecular flexibility index (Phi) is 5.23. The number of rotatable bonds is 5. The number of benzene rings is 1. The molecule has 9 heteroatoms. The van der Waals surface area contributed by atoms with Crippen LogP contribution in [0, 0.1) is 10.1 Å². The van der Waals surface area contributed by atoms with Crippen LogP contribution in [0.4, 0.5) is 11.4 Å². The fourth-order valence-electron chi connectivity index (χ4n) is 2.72. The van der Waals surface area contributed by atoms with Crippen molar-refractivity contribution in [1.82, 2.24) is 4.90 Å². The highest BCUT2D eigenvalue weighted by Gasteiger charge is 2.39. The van der Waals surface area contributed by atoms with Crippen molar-refractivity contribution in [1.29, 1.82) is 0 Å². The van der Waals surface area contributed by atoms with E-state index >= 15 is 0 Å². The molecular formula is C14H19BrN4O4. The molecule has 1 fully saturated rings. The van der Waals surface area contributed by atoms with Crippen LogP contribution in [-0.2, 0) is 16.0 Å². The molecule has 1 aliphatic heterocycles. The second-order valence-corrected chi connectivity index (χ2v) is 6.54. The second-order valence-electron chi connectivity index (χ2n) is 5.68. The molecule has 0 aromatic heterocycles. The SMILES string of the molecule is CC(Cc1cc(Br)c(N)c([N+](=O)[O-])c1)(C(N)=O)N1CCOCC1. The minimum atomic E-state index is -0.951. The van der Waals surface area contributed by atoms with E-state index in [-0.39, 0.29) is 17.8 Å². The molecule has 1 unspecified atom stereocenters. The summed E-state index contributed by atoms with van der Waals surface area (Å²) in [5.41, 5.74) is 10.9. The number of nitrogens with two attached hydrogens (primary N) is 2. The van der Waals surface area contributed by atoms with Gasteiger partial charge >= 0.3 is 0 Å². The Hall–Kier alpha value is -1.71. The van der Waals surface area contributed by atoms with E-state index in [1.807, 2.05) is 4.90 Å². The Bertz CT molecular complexity index is 633. The fraction of sp³-hybridized carbons (Fsp3) is 0.500. The van der Waals surface area contributed by atoms with Crippen molar-refractivity contribution in [2.24, 2.45) is 5.73 Å². The summed E-state index contributed by atoms with van der Waals surface area (Å²) in [7, 11) is 0. The van der Waals surface area contributed by atoms with Gasteiger partial charge in [0.05, 0.1) is 18.1 Å². The fourth-order valence-corrected chi connectivity index (χ4v) is 3.22. The first-order valence-electron chi connectivity index (χ1n) is 7.10. The number of ether oxygens (including phenoxy) is 1. The van der Waals surface area contributed by atoms with Crippen molar-refractivity contribution in [2.45, 2.75) is 18.9 Å². The molecule has 126 valence electrons. The summed E-state index contributed by atoms with van der Waals surface area (Å²) in [6.45, 7) is 3.95. The van der Waals surface area contributed by atoms with Crippen LogP contribution in [-0.4, -0.2) is 47.6 Å². The van der Waals surface area contributed by atoms with Crippen LogP contribution in [0.5, 0.6) is 0 Å². The summed E-state index contributed by atoms with van der Waals surface area (Å²) in [4.78, 5) is 24.6. The molecule has 1 heterocycles. The van der Waals surface area contributed by atoms with Crippen LogP contribution in [0.25, 0.3) is 0 Å². The number of hydrogen-bond acceptors (Lipinski definition) is 6. The Morgan fingerprint density at radius 3 is 2.61 bits per heavy atom. The van der Waals surface area contributed by atoms with Gasteiger partial charge in [0.15, 0.2) is 0 Å². The third kappa shape index (κ3) is 3.62. The normalized spacial score (nSPS) is 18.3. The molecule has 1 amide bonds. The van der Waals surface area contributed by atoms with Crippen LogP contribution in [0.2, 0.25) is 0 Å². The third-order valence-corrected chi connectivity index (χ3v) is 4.81. The molecule has 0 saturated carbocycles. The van der Waals surface area contributed by atoms with E-state index in [4.69, 9.17) is 16.2 Å². The number of morpholine rings is 1. The summed E-state index contributed by atoms with van der Waals surface area (Å²) in [5, 5.41) is 11.1. The second kappa shape index (κ2) is 6.81. The Balaban J connectivity index is 2.37. The van der Waals surface area contributed by atoms with Crippen molar-refractivity contribution in [3.05, 3.63) is 32.3 Å². The van der Waals surface area contributed by atoms with Crippen LogP contribution >= 0.6 is 15.9 Å². The maximum atomic E-state index is 12.1. The Labute approximate surface area is 142 Å². The zero-order valence-electron chi connectivity index (χ0n) is 12.8. The summed E-state index contributed by atoms with van der Waals surface area (Å²) in [5.74, 6) is -0.477. The van der Waals surface area contributed by atoms with Gasteiger partial charge in [-0.3, -0.25) is 19.8 Å². The molecule has 0 spiro atoms. The van der Waals surface area contributed by atoms with Gasteiger partial charge in [-0.25, -0.2) is 0 Å². The zero-order valence-corrected chi connectivity index (χ0v) is 14.3. The Morgan fingerprint density at radius 1 is 1.48 bits per heavy atom. The van der Waals surface area contributed by atoms with E-state index in [9.17, 15) is 14.9 Å². The van der Waals surface area contributed by atoms with Gasteiger partial charge < -0.3 is 16.2 Å². The van der Waals surface area contributed by atoms with E-state index in [2.05, 4.69) is 15.9 Å². The molecular weight excluding hydrogens is 368 g/mol. The first-order chi connectivity index (χ1) is 10.8. The van der Waals surface area contributed by atoms with Crippen molar-refractivity contribution in [2.75, 3.05) is 32.0 Å². The van der Waals surface area contributed by atoms with E-state index in [0.717, 1.165) is 0 Å². The smallest absolute Gasteiger partial charge is 0.293 e. The first kappa shape index (κ1) is 17.6. The molecule has 1 aromatic carbocycles. The standard InChI is InChI=1S/C14H19BrN4O4/c1-14(13(17)20,18-2-4-23-5-3-18)8-9-6-10(15)12(16)11(7-9)19(21)22/h6-7H,2-5,8,16H2,1H3,(H2,17,20). The highest BCUT2D eigenvalue weighted by atomic mass is 79.9. The lowest BCUT2D eigenvalue weighted by molar-refractivity contribution is -0.384. The highest BCUT2D eigenvalue weighted by molar-refractivity contribution is 9.10. The molecule has 1 atom stereocenters. The number of anilines is 1. The first-order valence-corrected chi connectivity index (χ1v) is 7.90. The lowest BCUT2D eigenvalue weighted by Gasteiger charge is -2.41. The van der Waals surface area contributed by atoms with Gasteiger partial charge in [-0.05, 0) is 40.9 Å². The summed E-state index contributed by atoms with van der Waals surface area (Å²) in [6, 6.07) is 3.08. The number of amides is 1. The zero-order chi connectivity index (χ0) is 17.2. The number of nitrogen functional groups attached to an aromatic ring is 1. The third-order valence-electron chi connectivity index (χ3n) is 4.15. The summed E-state index contributed by atoms with van der Waals surface area (Å²) < 4.78 is 5.73. The molecule has 1 aromatic rings. The minimum absolute atomic E-state index is 0.0610. The molecule has 0 radical (unpaired) electrons. The van der Waals surface area contributed by atoms with E-state index in [1.165, 1.54) is 6.07 Å². The van der Waals surface area contributed by atoms with E-state index in [1.54, 1.807) is 13.0 Å². The molecule has 4 N–H and O–H groups in total. The van der Waals surface area contributed by atoms with Gasteiger partial charge in [0.25, 0.3) is 5.69 Å². The van der Waals surface area contributed by atoms with E-state index in [0.29, 0.717) is 36.3 Å². The van der Waals surface area contributed by atoms with Crippen LogP contribution in [0.1, 0.15) is 12.5 Å². The lowest BCUT2D eigenvalue weighted by atomic mass is 9.89. The molecule has 23 heavy (non-hydrogen) atoms. The molecule has 0 aliphatic carbocycles. The highest BCUT2D eigenvalue weighted by Crippen LogP contribution is 2.33. The number of nitro benzene ring substituents is 1. The maximum Gasteiger partial charge on any atom is 0.293 e. The van der Waals surface area contributed by atoms with Crippen molar-refractivity contribution < 1.29 is 14.5 Å². The number of halogens is 1. The van der Waals surface area contributed by atoms with Gasteiger partial charge in [-0.2, -0.15) is 0 Å². The Morgan fingerprint density at radius 2 is 2.09 bits per heavy atom. The van der Waals surface area contributed by atoms with Gasteiger partial charge in [-0.1, -0.05) is 0 Å². The molecule has 8 nitrogen and oxygen atoms in total. The molecule has 2 rings (SSSR count). The van der Waals surface area contributed by atoms with Crippen LogP contribution in [0.15, 0.2) is 16.6 Å². The molecule has 1 saturated heterocycles. The van der Waals surface area contributed by atoms with Gasteiger partial charge in [0.1, 0.15) is 11.2 Å². The summed E-state index contributed by atoms with van der Waals surface area (Å²) >= 11 is 3.23. The topological polar surface area (TPSA) is 125 Å². The maximum absolute atomic E-state index is 12.1. The van der Waals surface area contributed by atoms with Gasteiger partial charge in [0.2, 0.25) is 5.91 Å². The van der Waals surface area contributed by atoms with E-state index < -0.39 is 16.4 Å². The number of carbonyl (C=O) groups is 1. The largest absolute Gasteiger partial charge is 0.392 e. The number of carbonyl (C=O) groups excluding carboxylic acids is 1. The quantitative estimate of drug-likeness (QED) is 0.442. The van der Waals surface area contributed by atoms with Gasteiger partial charge in [0, 0.05) is 23.6 Å². The average molecular weight is 387 g/mol. The summed E-state index contributed by atoms with van der Waals surface area (Å²) in [6.07, 6.45) is 0.252. The van der Waals surface area contributed by atoms with Crippen molar-refractivity contribution >= 4 is 33.2 Å². The van der Waals surface area contributed by atoms with Crippen molar-refractivity contribution in [3.8, 4) is 0 Å². The minimum Gasteiger partial charge on any atom is -0.392 e. The van der Waals surface area contributed by atoms with Gasteiger partial charge in [-0.15, -0.1) is 0 Å². The number of nitro groups is 1.